The second-order valence-electron chi connectivity index (χ2n) is 23.6. The normalized spacial score (nSPS) is 15.8. The number of nitriles is 1. The summed E-state index contributed by atoms with van der Waals surface area (Å²) in [6.07, 6.45) is 6.17. The summed E-state index contributed by atoms with van der Waals surface area (Å²) in [5.41, 5.74) is 8.96. The predicted octanol–water partition coefficient (Wildman–Crippen LogP) is -4.52. The number of hydrogen-bond donors (Lipinski definition) is 4. The van der Waals surface area contributed by atoms with Gasteiger partial charge in [-0.3, -0.25) is 18.3 Å². The molecule has 8 aromatic rings. The minimum Gasteiger partial charge on any atom is -1.00 e. The van der Waals surface area contributed by atoms with Crippen molar-refractivity contribution in [1.82, 2.24) is 44.4 Å². The van der Waals surface area contributed by atoms with Gasteiger partial charge in [0, 0.05) is 150 Å². The second-order valence-corrected chi connectivity index (χ2v) is 28.4. The number of ether oxygens (including phenoxy) is 7. The van der Waals surface area contributed by atoms with E-state index >= 15 is 0 Å². The summed E-state index contributed by atoms with van der Waals surface area (Å²) in [6, 6.07) is 42.8. The Kier molecular flexibility index (Phi) is 57.2. The molecule has 6 fully saturated rings. The van der Waals surface area contributed by atoms with Crippen molar-refractivity contribution in [2.45, 2.75) is 68.4 Å². The van der Waals surface area contributed by atoms with Gasteiger partial charge in [0.15, 0.2) is 25.1 Å². The Balaban J connectivity index is -0.000000393. The Morgan fingerprint density at radius 1 is 0.721 bits per heavy atom. The molecule has 4 aromatic carbocycles. The molecule has 4 aromatic heterocycles. The number of aromatic nitrogens is 8. The van der Waals surface area contributed by atoms with E-state index in [1.807, 2.05) is 155 Å². The minimum atomic E-state index is -1.33. The summed E-state index contributed by atoms with van der Waals surface area (Å²) < 4.78 is 90.6. The molecular formula is C66H81B11BrF4MgN12Na2O13Si. The number of imidazole rings is 2. The third-order valence-corrected chi connectivity index (χ3v) is 15.2. The van der Waals surface area contributed by atoms with Gasteiger partial charge in [0.25, 0.3) is 0 Å². The van der Waals surface area contributed by atoms with Crippen molar-refractivity contribution in [3.05, 3.63) is 224 Å². The van der Waals surface area contributed by atoms with Gasteiger partial charge in [0.05, 0.1) is 54.2 Å². The number of nitrogens with zero attached hydrogens (tertiary/aromatic N) is 10. The summed E-state index contributed by atoms with van der Waals surface area (Å²) in [6.45, 7) is 14.7. The number of aliphatic hydroxyl groups excluding tert-OH is 1. The fraction of sp³-hybridized carbons (Fsp3) is 0.348. The first kappa shape index (κ1) is 107. The van der Waals surface area contributed by atoms with E-state index in [1.54, 1.807) is 24.8 Å². The third kappa shape index (κ3) is 38.2. The molecule has 0 aliphatic carbocycles. The molecule has 10 heterocycles. The Morgan fingerprint density at radius 3 is 1.44 bits per heavy atom. The molecule has 2 spiro atoms. The van der Waals surface area contributed by atoms with Gasteiger partial charge in [0.1, 0.15) is 49.4 Å². The number of nitrogens with one attached hydrogen (secondary N) is 1. The summed E-state index contributed by atoms with van der Waals surface area (Å²) in [4.78, 5) is 66.6. The molecule has 559 valence electrons. The number of Topliss-reactive ketones (excluding diaryl/α,β-unsaturated/α-hetero) is 1. The second kappa shape index (κ2) is 59.1. The average Bonchev–Trinajstić information content (AvgIpc) is 1.57. The molecule has 3 atom stereocenters. The number of carbonyl (C=O) groups is 4. The zero-order valence-electron chi connectivity index (χ0n) is 66.2. The van der Waals surface area contributed by atoms with Crippen LogP contribution in [0.5, 0.6) is 0 Å². The smallest absolute Gasteiger partial charge is 1.00 e. The van der Waals surface area contributed by atoms with E-state index in [9.17, 15) is 41.8 Å². The molecule has 45 heteroatoms. The van der Waals surface area contributed by atoms with Crippen LogP contribution in [-0.4, -0.2) is 282 Å². The molecule has 111 heavy (non-hydrogen) atoms. The summed E-state index contributed by atoms with van der Waals surface area (Å²) in [5, 5.41) is 27.9. The van der Waals surface area contributed by atoms with Crippen LogP contribution in [-0.2, 0) is 38.0 Å². The van der Waals surface area contributed by atoms with Gasteiger partial charge < -0.3 is 74.3 Å². The van der Waals surface area contributed by atoms with Crippen molar-refractivity contribution < 1.29 is 160 Å². The van der Waals surface area contributed by atoms with Crippen LogP contribution in [0.4, 0.5) is 37.8 Å². The Bertz CT molecular complexity index is 3760. The Hall–Kier alpha value is -5.59. The van der Waals surface area contributed by atoms with Gasteiger partial charge in [-0.15, -0.1) is 0 Å². The van der Waals surface area contributed by atoms with Crippen molar-refractivity contribution in [3.63, 3.8) is 0 Å². The molecule has 6 saturated heterocycles. The summed E-state index contributed by atoms with van der Waals surface area (Å²) >= 11 is 0. The molecule has 15 radical (unpaired) electrons. The van der Waals surface area contributed by atoms with E-state index < -0.39 is 87.8 Å². The third-order valence-electron chi connectivity index (χ3n) is 14.5. The van der Waals surface area contributed by atoms with Crippen LogP contribution >= 0.6 is 0 Å². The average molecular weight is 1620 g/mol. The van der Waals surface area contributed by atoms with Crippen LogP contribution < -0.4 is 92.0 Å². The van der Waals surface area contributed by atoms with Gasteiger partial charge in [-0.05, 0) is 36.6 Å². The fourth-order valence-corrected chi connectivity index (χ4v) is 9.15. The molecule has 6 aliphatic rings. The number of rotatable bonds is 10. The number of anilines is 1. The SMILES string of the molecule is CCOCC.CO.C[Si](C)(C)C#N.Fc1ccnc(F)n1.N[C@@H](c1ccccc1)C1(O)COC1.O=C(n1ccnc1)n1ccnc1.O=C1COC1.O=C1N[C@@H](c2ccccc2)C2(COC2)O1.O=C1OC2(COC2)[C@H](c2ccccc2)N1c1ccnc(F)n1.[2H]CF.[B].[B]B([B])B(B([B])[B])B([B])[B].[Br-].[H-].[H-].[Mg+2].[Na+].[Na+].[c-]1ccccc1. The van der Waals surface area contributed by atoms with Gasteiger partial charge >= 0.3 is 113 Å². The monoisotopic (exact) mass is 1620 g/mol. The number of nitrogens with two attached hydrogens (primary N) is 1. The largest absolute Gasteiger partial charge is 2.00 e. The minimum absolute atomic E-state index is 0. The van der Waals surface area contributed by atoms with E-state index in [-0.39, 0.29) is 146 Å². The van der Waals surface area contributed by atoms with Crippen molar-refractivity contribution >= 4 is 141 Å². The number of alkyl carbamates (subject to hydrolysis) is 1. The maximum atomic E-state index is 13.3. The maximum Gasteiger partial charge on any atom is 2.00 e. The standard InChI is InChI=1S/C15H12FN3O3.C11H11NO3.C10H13NO2.C7H6N4O.C6H5.C4H2F2N2.C4H9NSi.C4H10O.C3H4O2.CH3F.CH4O.B10.B.BrH.Mg.2Na.2H/c16-13-17-7-6-11(18-13)19-12(10-4-2-1-3-5-10)15(8-21-9-15)22-14(19)20;13-10-12-9(8-4-2-1-3-5-8)11(15-10)6-14-7-11;11-9(10(12)6-13-7-10)8-4-2-1-3-5-8;12-7(10-3-1-8-5-10)11-4-2-9-6-11;1-2-4-6-5-3-1;5-3-1-2-7-4(6)8-3;1-6(2,3)4-5;1-3-5-4-2;4-3-1-5-2-3;2*1-2;1-7(2)10(8(3)4)9(5)6;;;;;;;/h1-7,12H,8-9H2;1-5,9H,6-7H2,(H,12,13);1-5,9,12H,6-7,11H2;1-6H;1-5H;1-2H;1-3H3;3-4H2,1-2H3;1-2H2;1H3;2H,1H3;;;1H;;;;;/q;;;;-1;;;;;;;;;;+2;2*+1;2*-1/p-1/t12-;2*9-;;;;;;;;;;;;;;;;/m000................/s1/i;;;;;;;;;1D;;;;;;;;;. The number of ketones is 1. The fourth-order valence-electron chi connectivity index (χ4n) is 9.15. The molecule has 0 saturated carbocycles. The van der Waals surface area contributed by atoms with Gasteiger partial charge in [-0.1, -0.05) is 111 Å². The zero-order valence-corrected chi connectivity index (χ0v) is 71.2. The molecule has 2 amide bonds. The van der Waals surface area contributed by atoms with Crippen LogP contribution in [0.3, 0.4) is 0 Å². The quantitative estimate of drug-likeness (QED) is 0.0330. The molecule has 14 rings (SSSR count). The molecule has 0 bridgehead atoms. The first-order chi connectivity index (χ1) is 51.1. The number of carbonyl (C=O) groups excluding carboxylic acids is 4. The summed E-state index contributed by atoms with van der Waals surface area (Å²) in [7, 11) is 30.5. The molecular weight excluding hydrogens is 1540 g/mol. The molecule has 25 nitrogen and oxygen atoms in total. The number of amides is 2. The van der Waals surface area contributed by atoms with Crippen LogP contribution in [0.25, 0.3) is 0 Å². The maximum absolute atomic E-state index is 13.3. The summed E-state index contributed by atoms with van der Waals surface area (Å²) in [5.74, 6) is -0.461. The van der Waals surface area contributed by atoms with E-state index in [0.717, 1.165) is 49.3 Å². The Morgan fingerprint density at radius 2 is 1.14 bits per heavy atom. The van der Waals surface area contributed by atoms with Crippen LogP contribution in [0.1, 0.15) is 52.9 Å². The van der Waals surface area contributed by atoms with Crippen molar-refractivity contribution in [1.29, 1.82) is 5.26 Å². The van der Waals surface area contributed by atoms with Gasteiger partial charge in [-0.2, -0.15) is 59.5 Å². The van der Waals surface area contributed by atoms with Gasteiger partial charge in [0.2, 0.25) is 5.95 Å². The number of benzene rings is 4. The topological polar surface area (TPSA) is 326 Å². The van der Waals surface area contributed by atoms with E-state index in [0.29, 0.717) is 52.9 Å². The van der Waals surface area contributed by atoms with Crippen LogP contribution in [0, 0.1) is 35.1 Å². The molecule has 6 aliphatic heterocycles. The van der Waals surface area contributed by atoms with Crippen molar-refractivity contribution in [2.24, 2.45) is 5.73 Å². The van der Waals surface area contributed by atoms with Crippen LogP contribution in [0.15, 0.2) is 183 Å². The predicted molar refractivity (Wildman–Crippen MR) is 416 cm³/mol. The van der Waals surface area contributed by atoms with E-state index in [4.69, 9.17) is 92.3 Å². The van der Waals surface area contributed by atoms with Gasteiger partial charge in [-0.25, -0.2) is 44.5 Å². The van der Waals surface area contributed by atoms with Crippen LogP contribution in [0.2, 0.25) is 19.6 Å². The molecule has 0 unspecified atom stereocenters. The zero-order chi connectivity index (χ0) is 79.4. The Labute approximate surface area is 734 Å². The number of aliphatic hydroxyl groups is 2. The number of alkyl halides is 1. The van der Waals surface area contributed by atoms with E-state index in [2.05, 4.69) is 51.7 Å². The first-order valence-electron chi connectivity index (χ1n) is 33.2. The molecule has 5 N–H and O–H groups in total. The van der Waals surface area contributed by atoms with Crippen molar-refractivity contribution in [2.75, 3.05) is 85.2 Å². The first-order valence-corrected chi connectivity index (χ1v) is 36.0. The van der Waals surface area contributed by atoms with Crippen molar-refractivity contribution in [3.8, 4) is 5.69 Å². The number of halogens is 5. The number of hydrogen-bond acceptors (Lipinski definition) is 21. The van der Waals surface area contributed by atoms with E-state index in [1.165, 1.54) is 39.0 Å².